The van der Waals surface area contributed by atoms with Crippen molar-refractivity contribution in [1.82, 2.24) is 10.2 Å². The largest absolute Gasteiger partial charge is 0.463 e. The summed E-state index contributed by atoms with van der Waals surface area (Å²) in [6, 6.07) is 7.15. The number of nitrogens with zero attached hydrogens (tertiary/aromatic N) is 1. The maximum Gasteiger partial charge on any atom is 0.336 e. The van der Waals surface area contributed by atoms with Gasteiger partial charge in [0, 0.05) is 29.1 Å². The summed E-state index contributed by atoms with van der Waals surface area (Å²) in [5.41, 5.74) is 1.49. The molecule has 0 aromatic heterocycles. The minimum absolute atomic E-state index is 0.0112. The van der Waals surface area contributed by atoms with Crippen molar-refractivity contribution in [1.29, 1.82) is 0 Å². The van der Waals surface area contributed by atoms with Crippen LogP contribution in [0.5, 0.6) is 0 Å². The van der Waals surface area contributed by atoms with Gasteiger partial charge in [0.2, 0.25) is 11.8 Å². The van der Waals surface area contributed by atoms with Gasteiger partial charge in [-0.1, -0.05) is 36.7 Å². The van der Waals surface area contributed by atoms with Gasteiger partial charge in [-0.05, 0) is 38.8 Å². The van der Waals surface area contributed by atoms with E-state index >= 15 is 0 Å². The monoisotopic (exact) mass is 406 g/mol. The van der Waals surface area contributed by atoms with Crippen molar-refractivity contribution >= 4 is 29.4 Å². The molecule has 6 nitrogen and oxygen atoms in total. The van der Waals surface area contributed by atoms with Crippen molar-refractivity contribution < 1.29 is 19.1 Å². The Kier molecular flexibility index (Phi) is 7.63. The molecule has 2 atom stereocenters. The quantitative estimate of drug-likeness (QED) is 0.704. The second kappa shape index (κ2) is 9.73. The Morgan fingerprint density at radius 1 is 1.32 bits per heavy atom. The number of carbonyl (C=O) groups excluding carboxylic acids is 3. The molecule has 1 aromatic rings. The number of ether oxygens (including phenoxy) is 1. The molecule has 1 aliphatic heterocycles. The van der Waals surface area contributed by atoms with Crippen LogP contribution in [0.1, 0.15) is 52.0 Å². The predicted molar refractivity (Wildman–Crippen MR) is 108 cm³/mol. The SMILES string of the molecule is CCOC(=O)C1=C(C)N(CC(=O)N[C@@H](C)CC)C(=O)C[C@H]1c1ccccc1Cl. The topological polar surface area (TPSA) is 75.7 Å². The lowest BCUT2D eigenvalue weighted by molar-refractivity contribution is -0.141. The molecule has 0 saturated carbocycles. The molecule has 1 N–H and O–H groups in total. The van der Waals surface area contributed by atoms with Crippen molar-refractivity contribution in [3.63, 3.8) is 0 Å². The zero-order valence-electron chi connectivity index (χ0n) is 16.8. The van der Waals surface area contributed by atoms with Crippen LogP contribution in [0, 0.1) is 0 Å². The first-order chi connectivity index (χ1) is 13.3. The van der Waals surface area contributed by atoms with E-state index in [2.05, 4.69) is 5.32 Å². The molecule has 2 amide bonds. The van der Waals surface area contributed by atoms with Crippen molar-refractivity contribution in [2.45, 2.75) is 52.5 Å². The molecule has 7 heteroatoms. The average molecular weight is 407 g/mol. The fraction of sp³-hybridized carbons (Fsp3) is 0.476. The first-order valence-corrected chi connectivity index (χ1v) is 9.89. The third-order valence-corrected chi connectivity index (χ3v) is 5.26. The molecule has 0 radical (unpaired) electrons. The number of benzene rings is 1. The average Bonchev–Trinajstić information content (AvgIpc) is 2.65. The molecule has 1 aliphatic rings. The summed E-state index contributed by atoms with van der Waals surface area (Å²) in [7, 11) is 0. The molecule has 0 spiro atoms. The Labute approximate surface area is 170 Å². The van der Waals surface area contributed by atoms with Crippen molar-refractivity contribution in [2.75, 3.05) is 13.2 Å². The molecule has 0 saturated heterocycles. The van der Waals surface area contributed by atoms with Crippen LogP contribution in [-0.2, 0) is 19.1 Å². The molecule has 0 fully saturated rings. The van der Waals surface area contributed by atoms with Crippen LogP contribution in [0.2, 0.25) is 5.02 Å². The summed E-state index contributed by atoms with van der Waals surface area (Å²) in [6.45, 7) is 7.35. The zero-order valence-corrected chi connectivity index (χ0v) is 17.5. The third kappa shape index (κ3) is 4.93. The predicted octanol–water partition coefficient (Wildman–Crippen LogP) is 3.41. The van der Waals surface area contributed by atoms with Gasteiger partial charge in [-0.3, -0.25) is 9.59 Å². The highest BCUT2D eigenvalue weighted by Gasteiger charge is 2.38. The van der Waals surface area contributed by atoms with Gasteiger partial charge >= 0.3 is 5.97 Å². The number of amides is 2. The highest BCUT2D eigenvalue weighted by atomic mass is 35.5. The Balaban J connectivity index is 2.42. The number of halogens is 1. The molecular formula is C21H27ClN2O4. The number of hydrogen-bond donors (Lipinski definition) is 1. The number of carbonyl (C=O) groups is 3. The van der Waals surface area contributed by atoms with Gasteiger partial charge in [0.15, 0.2) is 0 Å². The molecule has 0 bridgehead atoms. The lowest BCUT2D eigenvalue weighted by Crippen LogP contribution is -2.45. The Morgan fingerprint density at radius 3 is 2.61 bits per heavy atom. The summed E-state index contributed by atoms with van der Waals surface area (Å²) in [5.74, 6) is -1.49. The second-order valence-corrected chi connectivity index (χ2v) is 7.26. The molecule has 2 rings (SSSR count). The number of nitrogens with one attached hydrogen (secondary N) is 1. The van der Waals surface area contributed by atoms with E-state index in [1.807, 2.05) is 19.9 Å². The number of hydrogen-bond acceptors (Lipinski definition) is 4. The van der Waals surface area contributed by atoms with Gasteiger partial charge in [-0.25, -0.2) is 4.79 Å². The Hall–Kier alpha value is -2.34. The van der Waals surface area contributed by atoms with Crippen LogP contribution >= 0.6 is 11.6 Å². The summed E-state index contributed by atoms with van der Waals surface area (Å²) in [4.78, 5) is 39.2. The van der Waals surface area contributed by atoms with E-state index in [-0.39, 0.29) is 37.4 Å². The smallest absolute Gasteiger partial charge is 0.336 e. The van der Waals surface area contributed by atoms with Crippen LogP contribution in [-0.4, -0.2) is 41.9 Å². The fourth-order valence-electron chi connectivity index (χ4n) is 3.27. The van der Waals surface area contributed by atoms with E-state index in [9.17, 15) is 14.4 Å². The van der Waals surface area contributed by atoms with Crippen LogP contribution in [0.3, 0.4) is 0 Å². The fourth-order valence-corrected chi connectivity index (χ4v) is 3.53. The Morgan fingerprint density at radius 2 is 2.00 bits per heavy atom. The molecule has 0 aliphatic carbocycles. The van der Waals surface area contributed by atoms with Gasteiger partial charge in [-0.15, -0.1) is 0 Å². The Bertz CT molecular complexity index is 790. The minimum Gasteiger partial charge on any atom is -0.463 e. The number of rotatable bonds is 7. The summed E-state index contributed by atoms with van der Waals surface area (Å²) < 4.78 is 5.24. The normalized spacial score (nSPS) is 18.1. The van der Waals surface area contributed by atoms with Gasteiger partial charge in [0.25, 0.3) is 0 Å². The lowest BCUT2D eigenvalue weighted by atomic mass is 9.83. The summed E-state index contributed by atoms with van der Waals surface area (Å²) in [5, 5.41) is 3.33. The van der Waals surface area contributed by atoms with Crippen LogP contribution in [0.15, 0.2) is 35.5 Å². The molecule has 1 aromatic carbocycles. The van der Waals surface area contributed by atoms with E-state index in [0.29, 0.717) is 21.9 Å². The highest BCUT2D eigenvalue weighted by molar-refractivity contribution is 6.31. The summed E-state index contributed by atoms with van der Waals surface area (Å²) >= 11 is 6.33. The van der Waals surface area contributed by atoms with Crippen LogP contribution in [0.25, 0.3) is 0 Å². The molecular weight excluding hydrogens is 380 g/mol. The second-order valence-electron chi connectivity index (χ2n) is 6.85. The lowest BCUT2D eigenvalue weighted by Gasteiger charge is -2.34. The highest BCUT2D eigenvalue weighted by Crippen LogP contribution is 2.39. The molecule has 28 heavy (non-hydrogen) atoms. The van der Waals surface area contributed by atoms with E-state index in [1.165, 1.54) is 4.90 Å². The molecule has 1 heterocycles. The first-order valence-electron chi connectivity index (χ1n) is 9.52. The van der Waals surface area contributed by atoms with Gasteiger partial charge < -0.3 is 15.0 Å². The zero-order chi connectivity index (χ0) is 20.8. The molecule has 0 unspecified atom stereocenters. The van der Waals surface area contributed by atoms with Crippen LogP contribution < -0.4 is 5.32 Å². The number of allylic oxidation sites excluding steroid dienone is 1. The molecule has 152 valence electrons. The summed E-state index contributed by atoms with van der Waals surface area (Å²) in [6.07, 6.45) is 0.836. The maximum atomic E-state index is 12.8. The van der Waals surface area contributed by atoms with Gasteiger partial charge in [0.1, 0.15) is 6.54 Å². The van der Waals surface area contributed by atoms with Gasteiger partial charge in [0.05, 0.1) is 12.2 Å². The van der Waals surface area contributed by atoms with Crippen molar-refractivity contribution in [3.8, 4) is 0 Å². The van der Waals surface area contributed by atoms with Crippen molar-refractivity contribution in [3.05, 3.63) is 46.1 Å². The minimum atomic E-state index is -0.505. The number of esters is 1. The van der Waals surface area contributed by atoms with Crippen LogP contribution in [0.4, 0.5) is 0 Å². The van der Waals surface area contributed by atoms with E-state index in [1.54, 1.807) is 32.0 Å². The standard InChI is InChI=1S/C21H27ClN2O4/c1-5-13(3)23-18(25)12-24-14(4)20(21(27)28-6-2)16(11-19(24)26)15-9-7-8-10-17(15)22/h7-10,13,16H,5-6,11-12H2,1-4H3,(H,23,25)/t13-,16-/m0/s1. The first kappa shape index (κ1) is 22.0. The van der Waals surface area contributed by atoms with E-state index in [0.717, 1.165) is 6.42 Å². The maximum absolute atomic E-state index is 12.8. The van der Waals surface area contributed by atoms with E-state index < -0.39 is 11.9 Å². The van der Waals surface area contributed by atoms with E-state index in [4.69, 9.17) is 16.3 Å². The van der Waals surface area contributed by atoms with Gasteiger partial charge in [-0.2, -0.15) is 0 Å². The third-order valence-electron chi connectivity index (χ3n) is 4.92. The van der Waals surface area contributed by atoms with Crippen molar-refractivity contribution in [2.24, 2.45) is 0 Å².